The van der Waals surface area contributed by atoms with E-state index >= 15 is 0 Å². The maximum atomic E-state index is 11.8. The Labute approximate surface area is 164 Å². The van der Waals surface area contributed by atoms with Crippen molar-refractivity contribution in [1.29, 1.82) is 0 Å². The van der Waals surface area contributed by atoms with Crippen LogP contribution in [0.3, 0.4) is 0 Å². The van der Waals surface area contributed by atoms with Gasteiger partial charge in [0, 0.05) is 18.2 Å². The van der Waals surface area contributed by atoms with Gasteiger partial charge in [-0.2, -0.15) is 25.0 Å². The summed E-state index contributed by atoms with van der Waals surface area (Å²) in [5.41, 5.74) is 7.63. The smallest absolute Gasteiger partial charge is 0.269 e. The number of hydrogen-bond donors (Lipinski definition) is 3. The molecule has 4 aromatic heterocycles. The Morgan fingerprint density at radius 2 is 2.14 bits per heavy atom. The number of aromatic nitrogens is 8. The number of nitrogens with zero attached hydrogens (tertiary/aromatic N) is 7. The molecule has 4 N–H and O–H groups in total. The standard InChI is InChI=1S/C17H19N9O3/c1-8-6-10-11(7-19-8)26(24-12(10)15(18)28)17-20-16(21-22-17)13-14(27)9(2)23-25(13)4-5-29-3/h6-7,27H,4-5H2,1-3H3,(H2,18,28)(H,20,21,22). The predicted octanol–water partition coefficient (Wildman–Crippen LogP) is 0.470. The molecule has 0 unspecified atom stereocenters. The number of pyridine rings is 1. The summed E-state index contributed by atoms with van der Waals surface area (Å²) in [6, 6.07) is 1.73. The molecule has 29 heavy (non-hydrogen) atoms. The number of amides is 1. The SMILES string of the molecule is COCCn1nc(C)c(O)c1-c1n[nH]c(-n2nc(C(N)=O)c3cc(C)ncc32)n1. The van der Waals surface area contributed by atoms with Crippen LogP contribution in [0.25, 0.3) is 28.4 Å². The summed E-state index contributed by atoms with van der Waals surface area (Å²) in [4.78, 5) is 20.5. The maximum Gasteiger partial charge on any atom is 0.269 e. The number of fused-ring (bicyclic) bond motifs is 1. The number of nitrogens with one attached hydrogen (secondary N) is 1. The van der Waals surface area contributed by atoms with E-state index in [4.69, 9.17) is 10.5 Å². The van der Waals surface area contributed by atoms with Crippen molar-refractivity contribution in [3.05, 3.63) is 29.3 Å². The normalized spacial score (nSPS) is 11.4. The number of carbonyl (C=O) groups excluding carboxylic acids is 1. The van der Waals surface area contributed by atoms with Crippen LogP contribution in [0.15, 0.2) is 12.3 Å². The van der Waals surface area contributed by atoms with E-state index in [1.807, 2.05) is 0 Å². The van der Waals surface area contributed by atoms with Gasteiger partial charge in [0.2, 0.25) is 11.8 Å². The van der Waals surface area contributed by atoms with Crippen molar-refractivity contribution in [2.75, 3.05) is 13.7 Å². The van der Waals surface area contributed by atoms with Gasteiger partial charge in [-0.1, -0.05) is 0 Å². The topological polar surface area (TPSA) is 163 Å². The molecule has 0 radical (unpaired) electrons. The highest BCUT2D eigenvalue weighted by molar-refractivity contribution is 6.04. The molecule has 4 aromatic rings. The van der Waals surface area contributed by atoms with E-state index in [0.717, 1.165) is 5.69 Å². The van der Waals surface area contributed by atoms with E-state index in [0.29, 0.717) is 35.4 Å². The number of aromatic amines is 1. The Kier molecular flexibility index (Phi) is 4.47. The molecular formula is C17H19N9O3. The molecule has 1 amide bonds. The highest BCUT2D eigenvalue weighted by Crippen LogP contribution is 2.30. The molecule has 12 nitrogen and oxygen atoms in total. The Balaban J connectivity index is 1.83. The van der Waals surface area contributed by atoms with Crippen molar-refractivity contribution in [3.8, 4) is 23.2 Å². The number of hydrogen-bond acceptors (Lipinski definition) is 8. The molecule has 0 bridgehead atoms. The molecule has 4 heterocycles. The first-order valence-electron chi connectivity index (χ1n) is 8.74. The van der Waals surface area contributed by atoms with Crippen LogP contribution >= 0.6 is 0 Å². The summed E-state index contributed by atoms with van der Waals surface area (Å²) in [7, 11) is 1.58. The highest BCUT2D eigenvalue weighted by Gasteiger charge is 2.23. The fraction of sp³-hybridized carbons (Fsp3) is 0.294. The summed E-state index contributed by atoms with van der Waals surface area (Å²) < 4.78 is 8.06. The summed E-state index contributed by atoms with van der Waals surface area (Å²) >= 11 is 0. The third-order valence-electron chi connectivity index (χ3n) is 4.43. The average Bonchev–Trinajstić information content (AvgIpc) is 3.36. The summed E-state index contributed by atoms with van der Waals surface area (Å²) in [5.74, 6) is -0.227. The number of rotatable bonds is 6. The van der Waals surface area contributed by atoms with Gasteiger partial charge in [-0.15, -0.1) is 0 Å². The molecule has 0 atom stereocenters. The molecule has 0 saturated heterocycles. The second-order valence-electron chi connectivity index (χ2n) is 6.45. The molecule has 0 aliphatic rings. The van der Waals surface area contributed by atoms with E-state index in [2.05, 4.69) is 30.4 Å². The largest absolute Gasteiger partial charge is 0.504 e. The van der Waals surface area contributed by atoms with Gasteiger partial charge in [0.15, 0.2) is 11.4 Å². The lowest BCUT2D eigenvalue weighted by molar-refractivity contribution is 0.0996. The predicted molar refractivity (Wildman–Crippen MR) is 102 cm³/mol. The number of aromatic hydroxyl groups is 1. The van der Waals surface area contributed by atoms with Crippen LogP contribution in [0, 0.1) is 13.8 Å². The number of aryl methyl sites for hydroxylation is 2. The van der Waals surface area contributed by atoms with Gasteiger partial charge in [0.25, 0.3) is 5.91 Å². The lowest BCUT2D eigenvalue weighted by Gasteiger charge is -2.03. The van der Waals surface area contributed by atoms with E-state index in [-0.39, 0.29) is 23.2 Å². The second-order valence-corrected chi connectivity index (χ2v) is 6.45. The average molecular weight is 397 g/mol. The van der Waals surface area contributed by atoms with Crippen LogP contribution in [0.4, 0.5) is 0 Å². The fourth-order valence-electron chi connectivity index (χ4n) is 3.05. The van der Waals surface area contributed by atoms with Crippen molar-refractivity contribution < 1.29 is 14.6 Å². The highest BCUT2D eigenvalue weighted by atomic mass is 16.5. The molecule has 0 aliphatic carbocycles. The molecule has 0 aliphatic heterocycles. The van der Waals surface area contributed by atoms with E-state index in [1.165, 1.54) is 4.68 Å². The molecule has 12 heteroatoms. The maximum absolute atomic E-state index is 11.8. The molecule has 0 aromatic carbocycles. The number of H-pyrrole nitrogens is 1. The minimum Gasteiger partial charge on any atom is -0.504 e. The summed E-state index contributed by atoms with van der Waals surface area (Å²) in [5, 5.41) is 26.5. The van der Waals surface area contributed by atoms with Gasteiger partial charge in [-0.3, -0.25) is 14.5 Å². The zero-order chi connectivity index (χ0) is 20.7. The van der Waals surface area contributed by atoms with Crippen molar-refractivity contribution in [2.24, 2.45) is 5.73 Å². The first kappa shape index (κ1) is 18.6. The van der Waals surface area contributed by atoms with Gasteiger partial charge in [0.05, 0.1) is 24.9 Å². The third-order valence-corrected chi connectivity index (χ3v) is 4.43. The molecule has 4 rings (SSSR count). The molecule has 0 spiro atoms. The number of carbonyl (C=O) groups is 1. The van der Waals surface area contributed by atoms with Crippen LogP contribution in [-0.4, -0.2) is 64.5 Å². The van der Waals surface area contributed by atoms with Crippen LogP contribution in [0.2, 0.25) is 0 Å². The first-order chi connectivity index (χ1) is 13.9. The summed E-state index contributed by atoms with van der Waals surface area (Å²) in [6.45, 7) is 4.31. The molecule has 150 valence electrons. The Morgan fingerprint density at radius 3 is 2.86 bits per heavy atom. The molecule has 0 saturated carbocycles. The fourth-order valence-corrected chi connectivity index (χ4v) is 3.05. The van der Waals surface area contributed by atoms with Crippen molar-refractivity contribution in [3.63, 3.8) is 0 Å². The Hall–Kier alpha value is -3.80. The lowest BCUT2D eigenvalue weighted by atomic mass is 10.2. The van der Waals surface area contributed by atoms with Crippen LogP contribution in [0.1, 0.15) is 21.9 Å². The van der Waals surface area contributed by atoms with Crippen LogP contribution in [-0.2, 0) is 11.3 Å². The van der Waals surface area contributed by atoms with Gasteiger partial charge in [-0.05, 0) is 19.9 Å². The van der Waals surface area contributed by atoms with Crippen molar-refractivity contribution in [1.82, 2.24) is 39.7 Å². The second kappa shape index (κ2) is 6.98. The molecule has 0 fully saturated rings. The zero-order valence-electron chi connectivity index (χ0n) is 16.0. The lowest BCUT2D eigenvalue weighted by Crippen LogP contribution is -2.12. The van der Waals surface area contributed by atoms with E-state index in [1.54, 1.807) is 37.9 Å². The van der Waals surface area contributed by atoms with Gasteiger partial charge >= 0.3 is 0 Å². The number of ether oxygens (including phenoxy) is 1. The Morgan fingerprint density at radius 1 is 1.34 bits per heavy atom. The minimum absolute atomic E-state index is 0.0212. The van der Waals surface area contributed by atoms with Crippen LogP contribution < -0.4 is 5.73 Å². The third kappa shape index (κ3) is 3.08. The first-order valence-corrected chi connectivity index (χ1v) is 8.74. The van der Waals surface area contributed by atoms with Gasteiger partial charge < -0.3 is 15.6 Å². The Bertz CT molecular complexity index is 1220. The van der Waals surface area contributed by atoms with Crippen molar-refractivity contribution in [2.45, 2.75) is 20.4 Å². The quantitative estimate of drug-likeness (QED) is 0.423. The summed E-state index contributed by atoms with van der Waals surface area (Å²) in [6.07, 6.45) is 1.58. The monoisotopic (exact) mass is 397 g/mol. The van der Waals surface area contributed by atoms with Gasteiger partial charge in [0.1, 0.15) is 11.4 Å². The van der Waals surface area contributed by atoms with Gasteiger partial charge in [-0.25, -0.2) is 5.10 Å². The minimum atomic E-state index is -0.662. The number of methoxy groups -OCH3 is 1. The number of primary amides is 1. The van der Waals surface area contributed by atoms with Crippen LogP contribution in [0.5, 0.6) is 5.75 Å². The van der Waals surface area contributed by atoms with E-state index < -0.39 is 5.91 Å². The van der Waals surface area contributed by atoms with Crippen molar-refractivity contribution >= 4 is 16.8 Å². The molecular weight excluding hydrogens is 378 g/mol. The number of nitrogens with two attached hydrogens (primary N) is 1. The van der Waals surface area contributed by atoms with E-state index in [9.17, 15) is 9.90 Å². The zero-order valence-corrected chi connectivity index (χ0v) is 16.0.